The molecule has 1 N–H and O–H groups in total. The summed E-state index contributed by atoms with van der Waals surface area (Å²) in [6.07, 6.45) is 16.5. The van der Waals surface area contributed by atoms with E-state index in [0.717, 1.165) is 44.2 Å². The Morgan fingerprint density at radius 1 is 0.824 bits per heavy atom. The van der Waals surface area contributed by atoms with E-state index in [1.165, 1.54) is 62.7 Å². The lowest BCUT2D eigenvalue weighted by atomic mass is 9.99. The van der Waals surface area contributed by atoms with Gasteiger partial charge in [-0.15, -0.1) is 11.3 Å². The zero-order valence-electron chi connectivity index (χ0n) is 22.6. The van der Waals surface area contributed by atoms with Crippen LogP contribution in [0.1, 0.15) is 125 Å². The average Bonchev–Trinajstić information content (AvgIpc) is 3.12. The van der Waals surface area contributed by atoms with E-state index in [2.05, 4.69) is 24.1 Å². The number of carbonyl (C=O) groups is 2. The minimum atomic E-state index is -0.291. The Bertz CT molecular complexity index is 700. The van der Waals surface area contributed by atoms with Crippen molar-refractivity contribution < 1.29 is 14.3 Å². The summed E-state index contributed by atoms with van der Waals surface area (Å²) in [5.74, 6) is -0.310. The standard InChI is InChI=1S/C28H50N2O3S/c1-6-9-11-13-15-16-19-23-24(20-17-14-12-10-7-2)34-27(26(23)28(32)33-8-3)29-25(31)21-18-22-30(4)5/h6-22H2,1-5H3,(H,29,31). The maximum Gasteiger partial charge on any atom is 0.341 e. The van der Waals surface area contributed by atoms with Crippen molar-refractivity contribution in [2.24, 2.45) is 0 Å². The van der Waals surface area contributed by atoms with Gasteiger partial charge in [-0.2, -0.15) is 0 Å². The molecule has 0 aliphatic heterocycles. The first-order chi connectivity index (χ1) is 16.4. The van der Waals surface area contributed by atoms with E-state index in [-0.39, 0.29) is 11.9 Å². The molecule has 0 radical (unpaired) electrons. The first-order valence-electron chi connectivity index (χ1n) is 13.7. The summed E-state index contributed by atoms with van der Waals surface area (Å²) < 4.78 is 5.44. The first kappa shape index (κ1) is 30.6. The predicted molar refractivity (Wildman–Crippen MR) is 146 cm³/mol. The topological polar surface area (TPSA) is 58.6 Å². The van der Waals surface area contributed by atoms with Crippen LogP contribution in [-0.2, 0) is 22.4 Å². The van der Waals surface area contributed by atoms with E-state index in [1.807, 2.05) is 21.0 Å². The van der Waals surface area contributed by atoms with Gasteiger partial charge in [0.25, 0.3) is 0 Å². The normalized spacial score (nSPS) is 11.2. The minimum Gasteiger partial charge on any atom is -0.462 e. The summed E-state index contributed by atoms with van der Waals surface area (Å²) in [5.41, 5.74) is 1.74. The van der Waals surface area contributed by atoms with Gasteiger partial charge >= 0.3 is 5.97 Å². The number of rotatable bonds is 20. The van der Waals surface area contributed by atoms with Gasteiger partial charge in [-0.05, 0) is 65.2 Å². The highest BCUT2D eigenvalue weighted by atomic mass is 32.1. The molecule has 0 spiro atoms. The molecule has 1 amide bonds. The molecule has 0 saturated carbocycles. The number of carbonyl (C=O) groups excluding carboxylic acids is 2. The Hall–Kier alpha value is -1.40. The van der Waals surface area contributed by atoms with Gasteiger partial charge < -0.3 is 15.0 Å². The van der Waals surface area contributed by atoms with Crippen molar-refractivity contribution in [2.45, 2.75) is 117 Å². The molecule has 1 aromatic rings. The lowest BCUT2D eigenvalue weighted by Gasteiger charge is -2.11. The van der Waals surface area contributed by atoms with Crippen molar-refractivity contribution in [3.63, 3.8) is 0 Å². The molecular weight excluding hydrogens is 444 g/mol. The Morgan fingerprint density at radius 2 is 1.41 bits per heavy atom. The predicted octanol–water partition coefficient (Wildman–Crippen LogP) is 7.62. The Morgan fingerprint density at radius 3 is 2.00 bits per heavy atom. The molecule has 0 aliphatic carbocycles. The molecule has 1 rings (SSSR count). The highest BCUT2D eigenvalue weighted by molar-refractivity contribution is 7.17. The number of hydrogen-bond donors (Lipinski definition) is 1. The van der Waals surface area contributed by atoms with Gasteiger partial charge in [0, 0.05) is 11.3 Å². The maximum absolute atomic E-state index is 13.0. The van der Waals surface area contributed by atoms with Gasteiger partial charge in [0.15, 0.2) is 0 Å². The fourth-order valence-corrected chi connectivity index (χ4v) is 5.50. The summed E-state index contributed by atoms with van der Waals surface area (Å²) in [6, 6.07) is 0. The van der Waals surface area contributed by atoms with E-state index in [9.17, 15) is 9.59 Å². The molecule has 0 fully saturated rings. The van der Waals surface area contributed by atoms with Crippen molar-refractivity contribution in [3.8, 4) is 0 Å². The fourth-order valence-electron chi connectivity index (χ4n) is 4.20. The van der Waals surface area contributed by atoms with Crippen molar-refractivity contribution in [2.75, 3.05) is 32.6 Å². The van der Waals surface area contributed by atoms with Crippen LogP contribution in [-0.4, -0.2) is 44.0 Å². The van der Waals surface area contributed by atoms with Crippen LogP contribution in [0.4, 0.5) is 5.00 Å². The second-order valence-electron chi connectivity index (χ2n) is 9.57. The quantitative estimate of drug-likeness (QED) is 0.150. The summed E-state index contributed by atoms with van der Waals surface area (Å²) >= 11 is 1.60. The molecule has 0 aromatic carbocycles. The third-order valence-corrected chi connectivity index (χ3v) is 7.33. The Balaban J connectivity index is 3.02. The highest BCUT2D eigenvalue weighted by Crippen LogP contribution is 2.37. The molecular formula is C28H50N2O3S. The van der Waals surface area contributed by atoms with E-state index < -0.39 is 0 Å². The van der Waals surface area contributed by atoms with Gasteiger partial charge in [0.05, 0.1) is 12.2 Å². The minimum absolute atomic E-state index is 0.0192. The second kappa shape index (κ2) is 18.9. The van der Waals surface area contributed by atoms with Gasteiger partial charge in [-0.25, -0.2) is 4.79 Å². The smallest absolute Gasteiger partial charge is 0.341 e. The molecule has 0 aliphatic rings. The van der Waals surface area contributed by atoms with E-state index >= 15 is 0 Å². The van der Waals surface area contributed by atoms with Gasteiger partial charge in [0.1, 0.15) is 5.00 Å². The molecule has 5 nitrogen and oxygen atoms in total. The summed E-state index contributed by atoms with van der Waals surface area (Å²) in [6.45, 7) is 7.52. The molecule has 6 heteroatoms. The van der Waals surface area contributed by atoms with Crippen LogP contribution in [0.25, 0.3) is 0 Å². The van der Waals surface area contributed by atoms with E-state index in [1.54, 1.807) is 11.3 Å². The van der Waals surface area contributed by atoms with Crippen LogP contribution >= 0.6 is 11.3 Å². The second-order valence-corrected chi connectivity index (χ2v) is 10.7. The monoisotopic (exact) mass is 494 g/mol. The molecule has 0 unspecified atom stereocenters. The highest BCUT2D eigenvalue weighted by Gasteiger charge is 2.25. The van der Waals surface area contributed by atoms with Crippen LogP contribution in [0.3, 0.4) is 0 Å². The van der Waals surface area contributed by atoms with Crippen molar-refractivity contribution in [1.29, 1.82) is 0 Å². The van der Waals surface area contributed by atoms with Crippen molar-refractivity contribution in [1.82, 2.24) is 4.90 Å². The van der Waals surface area contributed by atoms with E-state index in [4.69, 9.17) is 4.74 Å². The number of nitrogens with zero attached hydrogens (tertiary/aromatic N) is 1. The molecule has 0 saturated heterocycles. The van der Waals surface area contributed by atoms with Crippen LogP contribution in [0, 0.1) is 0 Å². The molecule has 0 bridgehead atoms. The van der Waals surface area contributed by atoms with E-state index in [0.29, 0.717) is 23.6 Å². The summed E-state index contributed by atoms with van der Waals surface area (Å²) in [5, 5.41) is 3.77. The SMILES string of the molecule is CCCCCCCCc1c(CCCCCCC)sc(NC(=O)CCCN(C)C)c1C(=O)OCC. The number of esters is 1. The van der Waals surface area contributed by atoms with Crippen molar-refractivity contribution >= 4 is 28.2 Å². The number of anilines is 1. The number of thiophene rings is 1. The van der Waals surface area contributed by atoms with Crippen LogP contribution in [0.5, 0.6) is 0 Å². The molecule has 0 atom stereocenters. The van der Waals surface area contributed by atoms with Gasteiger partial charge in [0.2, 0.25) is 5.91 Å². The van der Waals surface area contributed by atoms with Crippen LogP contribution < -0.4 is 5.32 Å². The maximum atomic E-state index is 13.0. The first-order valence-corrected chi connectivity index (χ1v) is 14.5. The molecule has 196 valence electrons. The average molecular weight is 495 g/mol. The zero-order valence-corrected chi connectivity index (χ0v) is 23.4. The zero-order chi connectivity index (χ0) is 25.2. The third kappa shape index (κ3) is 12.3. The summed E-state index contributed by atoms with van der Waals surface area (Å²) in [7, 11) is 4.02. The number of unbranched alkanes of at least 4 members (excludes halogenated alkanes) is 9. The number of nitrogens with one attached hydrogen (secondary N) is 1. The molecule has 34 heavy (non-hydrogen) atoms. The van der Waals surface area contributed by atoms with Crippen molar-refractivity contribution in [3.05, 3.63) is 16.0 Å². The number of ether oxygens (including phenoxy) is 1. The van der Waals surface area contributed by atoms with Gasteiger partial charge in [-0.1, -0.05) is 71.6 Å². The third-order valence-electron chi connectivity index (χ3n) is 6.12. The fraction of sp³-hybridized carbons (Fsp3) is 0.786. The Labute approximate surface area is 213 Å². The Kier molecular flexibility index (Phi) is 17.0. The molecule has 1 heterocycles. The largest absolute Gasteiger partial charge is 0.462 e. The lowest BCUT2D eigenvalue weighted by Crippen LogP contribution is -2.18. The summed E-state index contributed by atoms with van der Waals surface area (Å²) in [4.78, 5) is 29.0. The lowest BCUT2D eigenvalue weighted by molar-refractivity contribution is -0.116. The van der Waals surface area contributed by atoms with Crippen LogP contribution in [0.15, 0.2) is 0 Å². The number of aryl methyl sites for hydroxylation is 1. The molecule has 1 aromatic heterocycles. The van der Waals surface area contributed by atoms with Crippen LogP contribution in [0.2, 0.25) is 0 Å². The number of amides is 1. The van der Waals surface area contributed by atoms with Gasteiger partial charge in [-0.3, -0.25) is 4.79 Å². The number of hydrogen-bond acceptors (Lipinski definition) is 5.